The van der Waals surface area contributed by atoms with E-state index in [0.29, 0.717) is 17.2 Å². The number of halogens is 2. The molecule has 0 radical (unpaired) electrons. The third-order valence-electron chi connectivity index (χ3n) is 5.73. The van der Waals surface area contributed by atoms with Crippen molar-refractivity contribution in [3.63, 3.8) is 0 Å². The monoisotopic (exact) mass is 556 g/mol. The van der Waals surface area contributed by atoms with E-state index < -0.39 is 6.04 Å². The molecule has 0 bridgehead atoms. The number of nitrogens with zero attached hydrogens (tertiary/aromatic N) is 1. The Kier molecular flexibility index (Phi) is 10.2. The number of hydrogen-bond donors (Lipinski definition) is 1. The predicted octanol–water partition coefficient (Wildman–Crippen LogP) is 6.04. The summed E-state index contributed by atoms with van der Waals surface area (Å²) < 4.78 is 6.70. The van der Waals surface area contributed by atoms with E-state index in [1.54, 1.807) is 29.2 Å². The first-order chi connectivity index (χ1) is 16.9. The van der Waals surface area contributed by atoms with Crippen molar-refractivity contribution in [3.05, 3.63) is 99.5 Å². The van der Waals surface area contributed by atoms with Crippen LogP contribution in [0.4, 0.5) is 0 Å². The molecule has 3 aromatic rings. The van der Waals surface area contributed by atoms with Gasteiger partial charge in [-0.25, -0.2) is 0 Å². The van der Waals surface area contributed by atoms with Crippen molar-refractivity contribution in [2.45, 2.75) is 45.3 Å². The van der Waals surface area contributed by atoms with Gasteiger partial charge in [-0.2, -0.15) is 0 Å². The molecule has 3 rings (SSSR count). The van der Waals surface area contributed by atoms with E-state index in [-0.39, 0.29) is 31.0 Å². The standard InChI is InChI=1S/C28H30BrClN2O3/c1-3-20(2)31-28(34)25(17-21-9-5-4-6-10-21)32(18-22-13-15-23(29)16-14-22)27(33)19-35-26-12-8-7-11-24(26)30/h4-16,20,25H,3,17-19H2,1-2H3,(H,31,34)/t20-,25-/m0/s1. The second-order valence-electron chi connectivity index (χ2n) is 8.39. The number of para-hydroxylation sites is 1. The number of carbonyl (C=O) groups is 2. The van der Waals surface area contributed by atoms with Crippen LogP contribution in [0.2, 0.25) is 5.02 Å². The summed E-state index contributed by atoms with van der Waals surface area (Å²) in [7, 11) is 0. The lowest BCUT2D eigenvalue weighted by molar-refractivity contribution is -0.143. The fourth-order valence-electron chi connectivity index (χ4n) is 3.57. The second kappa shape index (κ2) is 13.3. The molecule has 0 heterocycles. The molecule has 2 amide bonds. The molecule has 35 heavy (non-hydrogen) atoms. The van der Waals surface area contributed by atoms with Crippen LogP contribution in [-0.2, 0) is 22.6 Å². The zero-order valence-corrected chi connectivity index (χ0v) is 22.3. The van der Waals surface area contributed by atoms with Gasteiger partial charge in [-0.05, 0) is 48.7 Å². The third kappa shape index (κ3) is 8.11. The Morgan fingerprint density at radius 2 is 1.63 bits per heavy atom. The molecular weight excluding hydrogens is 528 g/mol. The van der Waals surface area contributed by atoms with Gasteiger partial charge in [-0.3, -0.25) is 9.59 Å². The van der Waals surface area contributed by atoms with E-state index in [2.05, 4.69) is 21.2 Å². The van der Waals surface area contributed by atoms with Crippen molar-refractivity contribution >= 4 is 39.3 Å². The number of nitrogens with one attached hydrogen (secondary N) is 1. The summed E-state index contributed by atoms with van der Waals surface area (Å²) >= 11 is 9.66. The highest BCUT2D eigenvalue weighted by atomic mass is 79.9. The molecule has 2 atom stereocenters. The summed E-state index contributed by atoms with van der Waals surface area (Å²) in [5.41, 5.74) is 1.88. The van der Waals surface area contributed by atoms with Gasteiger partial charge in [0, 0.05) is 23.5 Å². The predicted molar refractivity (Wildman–Crippen MR) is 143 cm³/mol. The van der Waals surface area contributed by atoms with Gasteiger partial charge in [0.15, 0.2) is 6.61 Å². The minimum Gasteiger partial charge on any atom is -0.482 e. The van der Waals surface area contributed by atoms with Gasteiger partial charge in [0.2, 0.25) is 5.91 Å². The van der Waals surface area contributed by atoms with Gasteiger partial charge < -0.3 is 15.0 Å². The van der Waals surface area contributed by atoms with Crippen LogP contribution in [-0.4, -0.2) is 35.4 Å². The average molecular weight is 558 g/mol. The normalized spacial score (nSPS) is 12.5. The van der Waals surface area contributed by atoms with Crippen LogP contribution < -0.4 is 10.1 Å². The van der Waals surface area contributed by atoms with E-state index >= 15 is 0 Å². The Bertz CT molecular complexity index is 1110. The van der Waals surface area contributed by atoms with E-state index in [0.717, 1.165) is 22.0 Å². The van der Waals surface area contributed by atoms with Gasteiger partial charge in [0.05, 0.1) is 5.02 Å². The maximum absolute atomic E-state index is 13.6. The van der Waals surface area contributed by atoms with Crippen molar-refractivity contribution in [3.8, 4) is 5.75 Å². The Morgan fingerprint density at radius 1 is 0.971 bits per heavy atom. The van der Waals surface area contributed by atoms with Crippen molar-refractivity contribution in [2.75, 3.05) is 6.61 Å². The van der Waals surface area contributed by atoms with Gasteiger partial charge in [0.1, 0.15) is 11.8 Å². The first-order valence-electron chi connectivity index (χ1n) is 11.6. The van der Waals surface area contributed by atoms with E-state index in [4.69, 9.17) is 16.3 Å². The lowest BCUT2D eigenvalue weighted by Crippen LogP contribution is -2.53. The minimum absolute atomic E-state index is 0.00946. The Hall–Kier alpha value is -2.83. The van der Waals surface area contributed by atoms with Gasteiger partial charge in [-0.1, -0.05) is 89.1 Å². The summed E-state index contributed by atoms with van der Waals surface area (Å²) in [5.74, 6) is -0.0609. The first kappa shape index (κ1) is 26.8. The lowest BCUT2D eigenvalue weighted by Gasteiger charge is -2.32. The van der Waals surface area contributed by atoms with Gasteiger partial charge in [0.25, 0.3) is 5.91 Å². The van der Waals surface area contributed by atoms with E-state index in [1.807, 2.05) is 68.4 Å². The Morgan fingerprint density at radius 3 is 2.29 bits per heavy atom. The molecule has 0 saturated carbocycles. The zero-order chi connectivity index (χ0) is 25.2. The summed E-state index contributed by atoms with van der Waals surface area (Å²) in [6.07, 6.45) is 1.18. The van der Waals surface area contributed by atoms with Crippen molar-refractivity contribution in [2.24, 2.45) is 0 Å². The SMILES string of the molecule is CC[C@H](C)NC(=O)[C@H](Cc1ccccc1)N(Cc1ccc(Br)cc1)C(=O)COc1ccccc1Cl. The first-order valence-corrected chi connectivity index (χ1v) is 12.8. The highest BCUT2D eigenvalue weighted by Gasteiger charge is 2.31. The molecule has 0 aromatic heterocycles. The molecular formula is C28H30BrClN2O3. The molecule has 0 spiro atoms. The molecule has 1 N–H and O–H groups in total. The molecule has 0 saturated heterocycles. The number of carbonyl (C=O) groups excluding carboxylic acids is 2. The maximum Gasteiger partial charge on any atom is 0.261 e. The van der Waals surface area contributed by atoms with Crippen LogP contribution in [0, 0.1) is 0 Å². The van der Waals surface area contributed by atoms with Crippen LogP contribution in [0.1, 0.15) is 31.4 Å². The second-order valence-corrected chi connectivity index (χ2v) is 9.71. The van der Waals surface area contributed by atoms with Gasteiger partial charge in [-0.15, -0.1) is 0 Å². The van der Waals surface area contributed by atoms with Crippen molar-refractivity contribution in [1.29, 1.82) is 0 Å². The van der Waals surface area contributed by atoms with E-state index in [1.165, 1.54) is 0 Å². The van der Waals surface area contributed by atoms with E-state index in [9.17, 15) is 9.59 Å². The van der Waals surface area contributed by atoms with Crippen LogP contribution in [0.15, 0.2) is 83.3 Å². The lowest BCUT2D eigenvalue weighted by atomic mass is 10.0. The minimum atomic E-state index is -0.711. The molecule has 7 heteroatoms. The molecule has 5 nitrogen and oxygen atoms in total. The Labute approximate surface area is 220 Å². The number of ether oxygens (including phenoxy) is 1. The molecule has 0 aliphatic carbocycles. The molecule has 184 valence electrons. The fourth-order valence-corrected chi connectivity index (χ4v) is 4.02. The van der Waals surface area contributed by atoms with Crippen LogP contribution in [0.3, 0.4) is 0 Å². The molecule has 0 fully saturated rings. The molecule has 0 aliphatic rings. The number of rotatable bonds is 11. The van der Waals surface area contributed by atoms with Crippen LogP contribution >= 0.6 is 27.5 Å². The van der Waals surface area contributed by atoms with Gasteiger partial charge >= 0.3 is 0 Å². The topological polar surface area (TPSA) is 58.6 Å². The molecule has 0 aliphatic heterocycles. The molecule has 0 unspecified atom stereocenters. The third-order valence-corrected chi connectivity index (χ3v) is 6.57. The van der Waals surface area contributed by atoms with Crippen molar-refractivity contribution < 1.29 is 14.3 Å². The summed E-state index contributed by atoms with van der Waals surface area (Å²) in [6, 6.07) is 23.7. The Balaban J connectivity index is 1.91. The quantitative estimate of drug-likeness (QED) is 0.313. The summed E-state index contributed by atoms with van der Waals surface area (Å²) in [4.78, 5) is 28.6. The number of amides is 2. The van der Waals surface area contributed by atoms with Crippen LogP contribution in [0.25, 0.3) is 0 Å². The summed E-state index contributed by atoms with van der Waals surface area (Å²) in [6.45, 7) is 4.00. The molecule has 3 aromatic carbocycles. The largest absolute Gasteiger partial charge is 0.482 e. The highest BCUT2D eigenvalue weighted by molar-refractivity contribution is 9.10. The summed E-state index contributed by atoms with van der Waals surface area (Å²) in [5, 5.41) is 3.49. The average Bonchev–Trinajstić information content (AvgIpc) is 2.87. The smallest absolute Gasteiger partial charge is 0.261 e. The maximum atomic E-state index is 13.6. The number of hydrogen-bond acceptors (Lipinski definition) is 3. The fraction of sp³-hybridized carbons (Fsp3) is 0.286. The van der Waals surface area contributed by atoms with Crippen LogP contribution in [0.5, 0.6) is 5.75 Å². The highest BCUT2D eigenvalue weighted by Crippen LogP contribution is 2.24. The number of benzene rings is 3. The van der Waals surface area contributed by atoms with Crippen molar-refractivity contribution in [1.82, 2.24) is 10.2 Å². The zero-order valence-electron chi connectivity index (χ0n) is 19.9.